The predicted octanol–water partition coefficient (Wildman–Crippen LogP) is 2.44. The minimum absolute atomic E-state index is 0.0316. The lowest BCUT2D eigenvalue weighted by molar-refractivity contribution is 0.414. The maximum absolute atomic E-state index is 12.3. The van der Waals surface area contributed by atoms with Crippen LogP contribution in [0, 0.1) is 6.92 Å². The maximum atomic E-state index is 12.3. The number of nitrogens with two attached hydrogens (primary N) is 1. The summed E-state index contributed by atoms with van der Waals surface area (Å²) in [4.78, 5) is 3.86. The molecule has 21 heavy (non-hydrogen) atoms. The van der Waals surface area contributed by atoms with Crippen LogP contribution in [0.15, 0.2) is 35.4 Å². The van der Waals surface area contributed by atoms with E-state index in [1.807, 2.05) is 0 Å². The van der Waals surface area contributed by atoms with Crippen molar-refractivity contribution in [2.45, 2.75) is 11.8 Å². The molecule has 1 heterocycles. The lowest BCUT2D eigenvalue weighted by Gasteiger charge is -2.11. The lowest BCUT2D eigenvalue weighted by atomic mass is 10.3. The monoisotopic (exact) mass is 327 g/mol. The zero-order chi connectivity index (χ0) is 15.6. The second-order valence-corrected chi connectivity index (χ2v) is 6.35. The summed E-state index contributed by atoms with van der Waals surface area (Å²) in [7, 11) is -2.34. The number of aryl methyl sites for hydroxylation is 1. The van der Waals surface area contributed by atoms with E-state index >= 15 is 0 Å². The van der Waals surface area contributed by atoms with Gasteiger partial charge in [0.1, 0.15) is 15.8 Å². The number of sulfonamides is 1. The van der Waals surface area contributed by atoms with E-state index in [0.29, 0.717) is 22.2 Å². The van der Waals surface area contributed by atoms with Crippen molar-refractivity contribution in [3.05, 3.63) is 41.2 Å². The van der Waals surface area contributed by atoms with Gasteiger partial charge in [0.15, 0.2) is 0 Å². The van der Waals surface area contributed by atoms with Gasteiger partial charge in [-0.3, -0.25) is 4.72 Å². The number of rotatable bonds is 4. The van der Waals surface area contributed by atoms with E-state index in [9.17, 15) is 8.42 Å². The van der Waals surface area contributed by atoms with Gasteiger partial charge in [0, 0.05) is 6.07 Å². The Hall–Kier alpha value is -1.99. The van der Waals surface area contributed by atoms with Crippen molar-refractivity contribution in [3.63, 3.8) is 0 Å². The molecule has 2 rings (SSSR count). The van der Waals surface area contributed by atoms with E-state index < -0.39 is 10.0 Å². The number of hydrogen-bond acceptors (Lipinski definition) is 5. The van der Waals surface area contributed by atoms with Gasteiger partial charge in [-0.1, -0.05) is 11.6 Å². The van der Waals surface area contributed by atoms with Crippen molar-refractivity contribution < 1.29 is 13.2 Å². The minimum atomic E-state index is -3.81. The number of nitrogens with one attached hydrogen (secondary N) is 1. The first-order valence-corrected chi connectivity index (χ1v) is 7.78. The van der Waals surface area contributed by atoms with Crippen LogP contribution in [0.1, 0.15) is 5.56 Å². The first-order valence-electron chi connectivity index (χ1n) is 5.92. The molecule has 0 aliphatic rings. The first-order chi connectivity index (χ1) is 9.83. The number of methoxy groups -OCH3 is 1. The Bertz CT molecular complexity index is 778. The Morgan fingerprint density at radius 2 is 2.05 bits per heavy atom. The molecular formula is C13H14ClN3O3S. The van der Waals surface area contributed by atoms with Crippen molar-refractivity contribution in [3.8, 4) is 5.75 Å². The number of hydrogen-bond donors (Lipinski definition) is 2. The standard InChI is InChI=1S/C13H14ClN3O3S/c1-8-5-9(7-16-13(8)14)17-21(18,19)12-4-3-10(20-2)6-11(12)15/h3-7,17H,15H2,1-2H3. The summed E-state index contributed by atoms with van der Waals surface area (Å²) in [5.41, 5.74) is 6.83. The number of pyridine rings is 1. The van der Waals surface area contributed by atoms with E-state index in [0.717, 1.165) is 0 Å². The first kappa shape index (κ1) is 15.4. The van der Waals surface area contributed by atoms with E-state index in [-0.39, 0.29) is 10.6 Å². The molecule has 0 fully saturated rings. The van der Waals surface area contributed by atoms with Gasteiger partial charge in [-0.15, -0.1) is 0 Å². The number of aromatic nitrogens is 1. The van der Waals surface area contributed by atoms with Crippen LogP contribution >= 0.6 is 11.6 Å². The second kappa shape index (κ2) is 5.79. The van der Waals surface area contributed by atoms with Gasteiger partial charge in [-0.05, 0) is 30.7 Å². The molecule has 0 bridgehead atoms. The molecule has 6 nitrogen and oxygen atoms in total. The van der Waals surface area contributed by atoms with Crippen molar-refractivity contribution in [2.24, 2.45) is 0 Å². The fraction of sp³-hybridized carbons (Fsp3) is 0.154. The number of benzene rings is 1. The van der Waals surface area contributed by atoms with E-state index in [2.05, 4.69) is 9.71 Å². The second-order valence-electron chi connectivity index (χ2n) is 4.34. The van der Waals surface area contributed by atoms with Gasteiger partial charge in [0.05, 0.1) is 24.7 Å². The molecule has 0 spiro atoms. The largest absolute Gasteiger partial charge is 0.497 e. The van der Waals surface area contributed by atoms with Gasteiger partial charge in [0.2, 0.25) is 0 Å². The Morgan fingerprint density at radius 1 is 1.33 bits per heavy atom. The average Bonchev–Trinajstić information content (AvgIpc) is 2.42. The van der Waals surface area contributed by atoms with Gasteiger partial charge < -0.3 is 10.5 Å². The van der Waals surface area contributed by atoms with Crippen LogP contribution in [-0.2, 0) is 10.0 Å². The Labute approximate surface area is 128 Å². The SMILES string of the molecule is COc1ccc(S(=O)(=O)Nc2cnc(Cl)c(C)c2)c(N)c1. The third kappa shape index (κ3) is 3.37. The zero-order valence-electron chi connectivity index (χ0n) is 11.4. The van der Waals surface area contributed by atoms with Gasteiger partial charge >= 0.3 is 0 Å². The summed E-state index contributed by atoms with van der Waals surface area (Å²) in [6.45, 7) is 1.73. The van der Waals surface area contributed by atoms with Crippen LogP contribution in [0.5, 0.6) is 5.75 Å². The molecule has 1 aromatic carbocycles. The number of nitrogens with zero attached hydrogens (tertiary/aromatic N) is 1. The highest BCUT2D eigenvalue weighted by Crippen LogP contribution is 2.26. The zero-order valence-corrected chi connectivity index (χ0v) is 13.0. The van der Waals surface area contributed by atoms with Gasteiger partial charge in [0.25, 0.3) is 10.0 Å². The van der Waals surface area contributed by atoms with Crippen LogP contribution in [-0.4, -0.2) is 20.5 Å². The predicted molar refractivity (Wildman–Crippen MR) is 82.2 cm³/mol. The van der Waals surface area contributed by atoms with Crippen molar-refractivity contribution in [1.82, 2.24) is 4.98 Å². The van der Waals surface area contributed by atoms with Gasteiger partial charge in [-0.2, -0.15) is 0 Å². The number of anilines is 2. The normalized spacial score (nSPS) is 11.2. The topological polar surface area (TPSA) is 94.3 Å². The number of nitrogen functional groups attached to an aromatic ring is 1. The molecular weight excluding hydrogens is 314 g/mol. The van der Waals surface area contributed by atoms with Crippen LogP contribution in [0.2, 0.25) is 5.15 Å². The summed E-state index contributed by atoms with van der Waals surface area (Å²) >= 11 is 5.81. The summed E-state index contributed by atoms with van der Waals surface area (Å²) in [6, 6.07) is 5.94. The molecule has 3 N–H and O–H groups in total. The molecule has 8 heteroatoms. The number of halogens is 1. The molecule has 0 aliphatic carbocycles. The number of ether oxygens (including phenoxy) is 1. The lowest BCUT2D eigenvalue weighted by Crippen LogP contribution is -2.15. The van der Waals surface area contributed by atoms with Crippen LogP contribution < -0.4 is 15.2 Å². The molecule has 0 unspecified atom stereocenters. The van der Waals surface area contributed by atoms with Crippen LogP contribution in [0.3, 0.4) is 0 Å². The molecule has 2 aromatic rings. The average molecular weight is 328 g/mol. The van der Waals surface area contributed by atoms with Crippen molar-refractivity contribution >= 4 is 33.0 Å². The molecule has 1 aromatic heterocycles. The molecule has 0 radical (unpaired) electrons. The fourth-order valence-corrected chi connectivity index (χ4v) is 2.97. The Balaban J connectivity index is 2.36. The summed E-state index contributed by atoms with van der Waals surface area (Å²) in [5, 5.41) is 0.321. The molecule has 112 valence electrons. The molecule has 0 atom stereocenters. The van der Waals surface area contributed by atoms with Gasteiger partial charge in [-0.25, -0.2) is 13.4 Å². The van der Waals surface area contributed by atoms with Crippen LogP contribution in [0.25, 0.3) is 0 Å². The van der Waals surface area contributed by atoms with E-state index in [1.165, 1.54) is 31.5 Å². The van der Waals surface area contributed by atoms with E-state index in [4.69, 9.17) is 22.1 Å². The molecule has 0 amide bonds. The third-order valence-electron chi connectivity index (χ3n) is 2.77. The third-order valence-corrected chi connectivity index (χ3v) is 4.62. The van der Waals surface area contributed by atoms with Crippen molar-refractivity contribution in [2.75, 3.05) is 17.6 Å². The smallest absolute Gasteiger partial charge is 0.263 e. The highest BCUT2D eigenvalue weighted by molar-refractivity contribution is 7.92. The summed E-state index contributed by atoms with van der Waals surface area (Å²) in [6.07, 6.45) is 1.34. The Kier molecular flexibility index (Phi) is 4.24. The minimum Gasteiger partial charge on any atom is -0.497 e. The molecule has 0 saturated carbocycles. The highest BCUT2D eigenvalue weighted by Gasteiger charge is 2.18. The molecule has 0 aliphatic heterocycles. The highest BCUT2D eigenvalue weighted by atomic mass is 35.5. The Morgan fingerprint density at radius 3 is 2.62 bits per heavy atom. The quantitative estimate of drug-likeness (QED) is 0.664. The molecule has 0 saturated heterocycles. The van der Waals surface area contributed by atoms with E-state index in [1.54, 1.807) is 13.0 Å². The maximum Gasteiger partial charge on any atom is 0.263 e. The summed E-state index contributed by atoms with van der Waals surface area (Å²) < 4.78 is 32.1. The van der Waals surface area contributed by atoms with Crippen LogP contribution in [0.4, 0.5) is 11.4 Å². The summed E-state index contributed by atoms with van der Waals surface area (Å²) in [5.74, 6) is 0.482. The van der Waals surface area contributed by atoms with Crippen molar-refractivity contribution in [1.29, 1.82) is 0 Å². The fourth-order valence-electron chi connectivity index (χ4n) is 1.72.